The molecule has 2 heterocycles. The summed E-state index contributed by atoms with van der Waals surface area (Å²) in [7, 11) is 0. The molecule has 1 aliphatic rings. The van der Waals surface area contributed by atoms with Gasteiger partial charge in [-0.1, -0.05) is 12.1 Å². The monoisotopic (exact) mass is 354 g/mol. The minimum absolute atomic E-state index is 0.130. The predicted octanol–water partition coefficient (Wildman–Crippen LogP) is 3.19. The van der Waals surface area contributed by atoms with Gasteiger partial charge in [-0.05, 0) is 39.0 Å². The van der Waals surface area contributed by atoms with E-state index < -0.39 is 0 Å². The molecule has 1 fully saturated rings. The van der Waals surface area contributed by atoms with Crippen LogP contribution in [-0.4, -0.2) is 42.7 Å². The lowest BCUT2D eigenvalue weighted by atomic mass is 10.1. The van der Waals surface area contributed by atoms with E-state index >= 15 is 0 Å². The second kappa shape index (κ2) is 7.74. The molecule has 6 heteroatoms. The molecule has 0 bridgehead atoms. The van der Waals surface area contributed by atoms with Gasteiger partial charge in [0.25, 0.3) is 5.91 Å². The van der Waals surface area contributed by atoms with Crippen LogP contribution in [0.5, 0.6) is 0 Å². The van der Waals surface area contributed by atoms with Crippen LogP contribution >= 0.6 is 0 Å². The maximum Gasteiger partial charge on any atom is 0.253 e. The minimum atomic E-state index is -0.288. The fourth-order valence-corrected chi connectivity index (χ4v) is 2.86. The first kappa shape index (κ1) is 18.2. The van der Waals surface area contributed by atoms with Gasteiger partial charge in [-0.15, -0.1) is 0 Å². The Morgan fingerprint density at radius 3 is 2.62 bits per heavy atom. The number of morpholine rings is 1. The minimum Gasteiger partial charge on any atom is -0.378 e. The normalized spacial score (nSPS) is 14.8. The number of carbonyl (C=O) groups excluding carboxylic acids is 1. The molecule has 1 amide bonds. The molecule has 2 N–H and O–H groups in total. The number of aromatic nitrogens is 1. The van der Waals surface area contributed by atoms with Crippen molar-refractivity contribution in [2.75, 3.05) is 36.5 Å². The Morgan fingerprint density at radius 2 is 1.88 bits per heavy atom. The summed E-state index contributed by atoms with van der Waals surface area (Å²) in [6.45, 7) is 9.07. The van der Waals surface area contributed by atoms with Crippen molar-refractivity contribution < 1.29 is 9.53 Å². The number of nitrogens with zero attached hydrogens (tertiary/aromatic N) is 2. The average Bonchev–Trinajstić information content (AvgIpc) is 2.62. The Kier molecular flexibility index (Phi) is 5.42. The number of carbonyl (C=O) groups is 1. The first-order valence-electron chi connectivity index (χ1n) is 8.89. The van der Waals surface area contributed by atoms with E-state index in [0.717, 1.165) is 43.4 Å². The molecule has 1 saturated heterocycles. The number of ether oxygens (including phenoxy) is 1. The number of rotatable bonds is 4. The highest BCUT2D eigenvalue weighted by atomic mass is 16.5. The molecule has 2 aromatic rings. The van der Waals surface area contributed by atoms with Gasteiger partial charge >= 0.3 is 0 Å². The van der Waals surface area contributed by atoms with Gasteiger partial charge in [-0.3, -0.25) is 9.78 Å². The number of nitrogens with one attached hydrogen (secondary N) is 2. The summed E-state index contributed by atoms with van der Waals surface area (Å²) in [5.74, 6) is -0.130. The van der Waals surface area contributed by atoms with E-state index in [9.17, 15) is 4.79 Å². The van der Waals surface area contributed by atoms with Crippen LogP contribution in [0.3, 0.4) is 0 Å². The van der Waals surface area contributed by atoms with Gasteiger partial charge < -0.3 is 20.3 Å². The SMILES string of the molecule is CC(C)(C)NC(=O)c1cncc(Nc2ccccc2N2CCOCC2)c1. The Bertz CT molecular complexity index is 764. The van der Waals surface area contributed by atoms with Crippen LogP contribution in [0.25, 0.3) is 0 Å². The maximum absolute atomic E-state index is 12.4. The topological polar surface area (TPSA) is 66.5 Å². The standard InChI is InChI=1S/C20H26N4O2/c1-20(2,3)23-19(25)15-12-16(14-21-13-15)22-17-6-4-5-7-18(17)24-8-10-26-11-9-24/h4-7,12-14,22H,8-11H2,1-3H3,(H,23,25). The summed E-state index contributed by atoms with van der Waals surface area (Å²) >= 11 is 0. The van der Waals surface area contributed by atoms with Crippen LogP contribution < -0.4 is 15.5 Å². The molecule has 0 atom stereocenters. The van der Waals surface area contributed by atoms with Crippen molar-refractivity contribution >= 4 is 23.0 Å². The molecule has 0 radical (unpaired) electrons. The van der Waals surface area contributed by atoms with Crippen LogP contribution in [0.15, 0.2) is 42.7 Å². The van der Waals surface area contributed by atoms with Crippen LogP contribution in [0, 0.1) is 0 Å². The summed E-state index contributed by atoms with van der Waals surface area (Å²) < 4.78 is 5.44. The van der Waals surface area contributed by atoms with E-state index in [1.807, 2.05) is 45.0 Å². The lowest BCUT2D eigenvalue weighted by Crippen LogP contribution is -2.40. The van der Waals surface area contributed by atoms with Gasteiger partial charge in [-0.25, -0.2) is 0 Å². The second-order valence-electron chi connectivity index (χ2n) is 7.41. The van der Waals surface area contributed by atoms with Gasteiger partial charge in [0, 0.05) is 24.8 Å². The van der Waals surface area contributed by atoms with Crippen molar-refractivity contribution in [2.24, 2.45) is 0 Å². The van der Waals surface area contributed by atoms with E-state index in [4.69, 9.17) is 4.74 Å². The van der Waals surface area contributed by atoms with Gasteiger partial charge in [0.2, 0.25) is 0 Å². The largest absolute Gasteiger partial charge is 0.378 e. The van der Waals surface area contributed by atoms with Crippen LogP contribution in [0.1, 0.15) is 31.1 Å². The van der Waals surface area contributed by atoms with E-state index in [1.54, 1.807) is 12.4 Å². The van der Waals surface area contributed by atoms with Crippen molar-refractivity contribution in [3.8, 4) is 0 Å². The number of para-hydroxylation sites is 2. The number of amides is 1. The van der Waals surface area contributed by atoms with Gasteiger partial charge in [0.1, 0.15) is 0 Å². The van der Waals surface area contributed by atoms with Gasteiger partial charge in [0.15, 0.2) is 0 Å². The van der Waals surface area contributed by atoms with E-state index in [2.05, 4.69) is 26.6 Å². The number of pyridine rings is 1. The summed E-state index contributed by atoms with van der Waals surface area (Å²) in [4.78, 5) is 18.9. The van der Waals surface area contributed by atoms with Crippen molar-refractivity contribution in [1.29, 1.82) is 0 Å². The van der Waals surface area contributed by atoms with Gasteiger partial charge in [-0.2, -0.15) is 0 Å². The molecule has 0 unspecified atom stereocenters. The van der Waals surface area contributed by atoms with Crippen LogP contribution in [-0.2, 0) is 4.74 Å². The maximum atomic E-state index is 12.4. The highest BCUT2D eigenvalue weighted by Crippen LogP contribution is 2.29. The highest BCUT2D eigenvalue weighted by molar-refractivity contribution is 5.95. The first-order chi connectivity index (χ1) is 12.4. The molecule has 0 aliphatic carbocycles. The van der Waals surface area contributed by atoms with Crippen molar-refractivity contribution in [3.63, 3.8) is 0 Å². The summed E-state index contributed by atoms with van der Waals surface area (Å²) in [6.07, 6.45) is 3.31. The zero-order valence-corrected chi connectivity index (χ0v) is 15.6. The fraction of sp³-hybridized carbons (Fsp3) is 0.400. The van der Waals surface area contributed by atoms with E-state index in [0.29, 0.717) is 5.56 Å². The summed E-state index contributed by atoms with van der Waals surface area (Å²) in [5.41, 5.74) is 3.15. The Labute approximate surface area is 154 Å². The number of benzene rings is 1. The highest BCUT2D eigenvalue weighted by Gasteiger charge is 2.17. The third-order valence-electron chi connectivity index (χ3n) is 4.02. The lowest BCUT2D eigenvalue weighted by Gasteiger charge is -2.30. The molecule has 3 rings (SSSR count). The third kappa shape index (κ3) is 4.73. The molecular formula is C20H26N4O2. The Hall–Kier alpha value is -2.60. The third-order valence-corrected chi connectivity index (χ3v) is 4.02. The smallest absolute Gasteiger partial charge is 0.253 e. The van der Waals surface area contributed by atoms with Crippen LogP contribution in [0.2, 0.25) is 0 Å². The molecule has 0 spiro atoms. The molecule has 0 saturated carbocycles. The second-order valence-corrected chi connectivity index (χ2v) is 7.41. The molecule has 138 valence electrons. The van der Waals surface area contributed by atoms with Crippen molar-refractivity contribution in [3.05, 3.63) is 48.3 Å². The summed E-state index contributed by atoms with van der Waals surface area (Å²) in [6, 6.07) is 9.98. The fourth-order valence-electron chi connectivity index (χ4n) is 2.86. The molecule has 1 aliphatic heterocycles. The number of hydrogen-bond acceptors (Lipinski definition) is 5. The van der Waals surface area contributed by atoms with Crippen molar-refractivity contribution in [2.45, 2.75) is 26.3 Å². The lowest BCUT2D eigenvalue weighted by molar-refractivity contribution is 0.0919. The first-order valence-corrected chi connectivity index (χ1v) is 8.89. The average molecular weight is 354 g/mol. The molecule has 26 heavy (non-hydrogen) atoms. The zero-order valence-electron chi connectivity index (χ0n) is 15.6. The number of anilines is 3. The number of hydrogen-bond donors (Lipinski definition) is 2. The van der Waals surface area contributed by atoms with Crippen molar-refractivity contribution in [1.82, 2.24) is 10.3 Å². The quantitative estimate of drug-likeness (QED) is 0.883. The molecule has 1 aromatic carbocycles. The van der Waals surface area contributed by atoms with Crippen LogP contribution in [0.4, 0.5) is 17.1 Å². The molecule has 6 nitrogen and oxygen atoms in total. The Balaban J connectivity index is 1.79. The summed E-state index contributed by atoms with van der Waals surface area (Å²) in [5, 5.41) is 6.36. The Morgan fingerprint density at radius 1 is 1.15 bits per heavy atom. The van der Waals surface area contributed by atoms with Gasteiger partial charge in [0.05, 0.1) is 42.0 Å². The van der Waals surface area contributed by atoms with E-state index in [-0.39, 0.29) is 11.4 Å². The zero-order chi connectivity index (χ0) is 18.6. The van der Waals surface area contributed by atoms with E-state index in [1.165, 1.54) is 0 Å². The molecule has 1 aromatic heterocycles. The molecular weight excluding hydrogens is 328 g/mol. The predicted molar refractivity (Wildman–Crippen MR) is 104 cm³/mol.